The highest BCUT2D eigenvalue weighted by Crippen LogP contribution is 2.04. The third kappa shape index (κ3) is 2.66. The number of hydrogen-bond acceptors (Lipinski definition) is 2. The van der Waals surface area contributed by atoms with E-state index in [1.807, 2.05) is 0 Å². The molecule has 0 amide bonds. The maximum Gasteiger partial charge on any atom is 0.155 e. The summed E-state index contributed by atoms with van der Waals surface area (Å²) >= 11 is 0. The average Bonchev–Trinajstić information content (AvgIpc) is 1.86. The molecule has 0 aromatic carbocycles. The molecule has 4 heteroatoms. The molecule has 0 aliphatic heterocycles. The van der Waals surface area contributed by atoms with E-state index >= 15 is 0 Å². The number of sulfone groups is 1. The summed E-state index contributed by atoms with van der Waals surface area (Å²) in [6, 6.07) is 0. The zero-order chi connectivity index (χ0) is 8.20. The van der Waals surface area contributed by atoms with E-state index in [1.165, 1.54) is 0 Å². The molecule has 0 spiro atoms. The predicted octanol–water partition coefficient (Wildman–Crippen LogP) is 0.630. The molecule has 0 saturated carbocycles. The van der Waals surface area contributed by atoms with Crippen molar-refractivity contribution in [3.63, 3.8) is 0 Å². The van der Waals surface area contributed by atoms with Crippen molar-refractivity contribution in [1.29, 1.82) is 0 Å². The summed E-state index contributed by atoms with van der Waals surface area (Å²) in [5.41, 5.74) is 0. The third-order valence-corrected chi connectivity index (χ3v) is 3.85. The van der Waals surface area contributed by atoms with Crippen LogP contribution in [0.1, 0.15) is 20.3 Å². The largest absolute Gasteiger partial charge is 0.236 e. The van der Waals surface area contributed by atoms with Crippen LogP contribution in [0.4, 0.5) is 0 Å². The van der Waals surface area contributed by atoms with Gasteiger partial charge in [0.25, 0.3) is 0 Å². The molecule has 1 atom stereocenters. The molecule has 0 aliphatic rings. The van der Waals surface area contributed by atoms with Gasteiger partial charge in [-0.3, -0.25) is 0 Å². The van der Waals surface area contributed by atoms with Gasteiger partial charge in [-0.1, -0.05) is 6.92 Å². The van der Waals surface area contributed by atoms with Gasteiger partial charge in [0.1, 0.15) is 0 Å². The van der Waals surface area contributed by atoms with Crippen molar-refractivity contribution in [2.24, 2.45) is 0 Å². The SMILES string of the molecule is CCC(C)S(=O)(=O)CC[O]. The minimum absolute atomic E-state index is 0.220. The van der Waals surface area contributed by atoms with Crippen LogP contribution < -0.4 is 0 Å². The molecule has 10 heavy (non-hydrogen) atoms. The van der Waals surface area contributed by atoms with Crippen molar-refractivity contribution in [1.82, 2.24) is 0 Å². The van der Waals surface area contributed by atoms with Gasteiger partial charge in [0.2, 0.25) is 0 Å². The molecule has 1 unspecified atom stereocenters. The summed E-state index contributed by atoms with van der Waals surface area (Å²) in [6.45, 7) is 2.91. The summed E-state index contributed by atoms with van der Waals surface area (Å²) < 4.78 is 21.9. The molecule has 1 radical (unpaired) electrons. The van der Waals surface area contributed by atoms with Crippen molar-refractivity contribution in [3.05, 3.63) is 0 Å². The normalized spacial score (nSPS) is 15.1. The highest BCUT2D eigenvalue weighted by Gasteiger charge is 2.17. The summed E-state index contributed by atoms with van der Waals surface area (Å²) in [6.07, 6.45) is 0.586. The van der Waals surface area contributed by atoms with Gasteiger partial charge in [-0.25, -0.2) is 13.5 Å². The molecule has 3 nitrogen and oxygen atoms in total. The first-order chi connectivity index (χ1) is 4.54. The van der Waals surface area contributed by atoms with Gasteiger partial charge >= 0.3 is 0 Å². The van der Waals surface area contributed by atoms with Crippen molar-refractivity contribution >= 4 is 9.84 Å². The Morgan fingerprint density at radius 3 is 2.20 bits per heavy atom. The van der Waals surface area contributed by atoms with Crippen LogP contribution in [0.15, 0.2) is 0 Å². The van der Waals surface area contributed by atoms with Crippen LogP contribution in [-0.4, -0.2) is 26.0 Å². The Morgan fingerprint density at radius 2 is 1.90 bits per heavy atom. The maximum absolute atomic E-state index is 11.0. The first kappa shape index (κ1) is 9.91. The second kappa shape index (κ2) is 3.93. The highest BCUT2D eigenvalue weighted by atomic mass is 32.2. The lowest BCUT2D eigenvalue weighted by Crippen LogP contribution is -2.21. The van der Waals surface area contributed by atoms with Crippen molar-refractivity contribution in [3.8, 4) is 0 Å². The summed E-state index contributed by atoms with van der Waals surface area (Å²) in [5, 5.41) is 9.63. The van der Waals surface area contributed by atoms with Crippen molar-refractivity contribution < 1.29 is 13.5 Å². The molecule has 0 fully saturated rings. The van der Waals surface area contributed by atoms with Crippen LogP contribution in [0.2, 0.25) is 0 Å². The second-order valence-electron chi connectivity index (χ2n) is 2.29. The van der Waals surface area contributed by atoms with Crippen LogP contribution in [0, 0.1) is 0 Å². The fraction of sp³-hybridized carbons (Fsp3) is 1.00. The van der Waals surface area contributed by atoms with Gasteiger partial charge in [0.15, 0.2) is 9.84 Å². The first-order valence-electron chi connectivity index (χ1n) is 3.34. The molecule has 0 aromatic rings. The van der Waals surface area contributed by atoms with E-state index in [9.17, 15) is 13.5 Å². The Balaban J connectivity index is 4.12. The van der Waals surface area contributed by atoms with E-state index < -0.39 is 16.4 Å². The zero-order valence-corrected chi connectivity index (χ0v) is 7.15. The fourth-order valence-electron chi connectivity index (χ4n) is 0.571. The summed E-state index contributed by atoms with van der Waals surface area (Å²) in [5.74, 6) is -0.220. The number of hydrogen-bond donors (Lipinski definition) is 0. The van der Waals surface area contributed by atoms with Crippen LogP contribution in [0.5, 0.6) is 0 Å². The fourth-order valence-corrected chi connectivity index (χ4v) is 1.71. The molecule has 0 bridgehead atoms. The van der Waals surface area contributed by atoms with E-state index in [0.717, 1.165) is 0 Å². The van der Waals surface area contributed by atoms with Crippen LogP contribution in [-0.2, 0) is 14.9 Å². The van der Waals surface area contributed by atoms with E-state index in [2.05, 4.69) is 0 Å². The van der Waals surface area contributed by atoms with Gasteiger partial charge in [0.05, 0.1) is 17.6 Å². The molecular weight excluding hydrogens is 152 g/mol. The van der Waals surface area contributed by atoms with E-state index in [-0.39, 0.29) is 11.0 Å². The number of rotatable bonds is 4. The zero-order valence-electron chi connectivity index (χ0n) is 6.33. The average molecular weight is 165 g/mol. The monoisotopic (exact) mass is 165 g/mol. The van der Waals surface area contributed by atoms with E-state index in [1.54, 1.807) is 13.8 Å². The van der Waals surface area contributed by atoms with Gasteiger partial charge in [-0.15, -0.1) is 0 Å². The first-order valence-corrected chi connectivity index (χ1v) is 5.05. The Hall–Kier alpha value is -0.0900. The minimum atomic E-state index is -3.07. The Labute approximate surface area is 62.0 Å². The smallest absolute Gasteiger partial charge is 0.155 e. The van der Waals surface area contributed by atoms with E-state index in [0.29, 0.717) is 6.42 Å². The quantitative estimate of drug-likeness (QED) is 0.613. The summed E-state index contributed by atoms with van der Waals surface area (Å²) in [4.78, 5) is 0. The lowest BCUT2D eigenvalue weighted by molar-refractivity contribution is 0.213. The third-order valence-electron chi connectivity index (χ3n) is 1.56. The van der Waals surface area contributed by atoms with Crippen LogP contribution in [0.3, 0.4) is 0 Å². The van der Waals surface area contributed by atoms with Crippen LogP contribution >= 0.6 is 0 Å². The van der Waals surface area contributed by atoms with Gasteiger partial charge in [0, 0.05) is 0 Å². The van der Waals surface area contributed by atoms with E-state index in [4.69, 9.17) is 0 Å². The second-order valence-corrected chi connectivity index (χ2v) is 4.83. The van der Waals surface area contributed by atoms with Crippen molar-refractivity contribution in [2.75, 3.05) is 12.4 Å². The molecule has 0 saturated heterocycles. The Kier molecular flexibility index (Phi) is 3.89. The van der Waals surface area contributed by atoms with Crippen molar-refractivity contribution in [2.45, 2.75) is 25.5 Å². The summed E-state index contributed by atoms with van der Waals surface area (Å²) in [7, 11) is -3.07. The molecule has 0 rings (SSSR count). The maximum atomic E-state index is 11.0. The van der Waals surface area contributed by atoms with Gasteiger partial charge in [-0.2, -0.15) is 0 Å². The lowest BCUT2D eigenvalue weighted by Gasteiger charge is -2.07. The topological polar surface area (TPSA) is 54.0 Å². The standard InChI is InChI=1S/C6H13O3S/c1-3-6(2)10(8,9)5-4-7/h6H,3-5H2,1-2H3. The molecule has 0 aromatic heterocycles. The van der Waals surface area contributed by atoms with Gasteiger partial charge < -0.3 is 0 Å². The molecule has 0 heterocycles. The Bertz CT molecular complexity index is 171. The molecule has 61 valence electrons. The molecule has 0 N–H and O–H groups in total. The molecular formula is C6H13O3S. The minimum Gasteiger partial charge on any atom is -0.236 e. The van der Waals surface area contributed by atoms with Gasteiger partial charge in [-0.05, 0) is 13.3 Å². The molecule has 0 aliphatic carbocycles. The van der Waals surface area contributed by atoms with Crippen LogP contribution in [0.25, 0.3) is 0 Å². The highest BCUT2D eigenvalue weighted by molar-refractivity contribution is 7.92. The lowest BCUT2D eigenvalue weighted by atomic mass is 10.4. The predicted molar refractivity (Wildman–Crippen MR) is 39.1 cm³/mol. The Morgan fingerprint density at radius 1 is 1.40 bits per heavy atom.